The van der Waals surface area contributed by atoms with E-state index < -0.39 is 16.8 Å². The van der Waals surface area contributed by atoms with Crippen molar-refractivity contribution in [3.63, 3.8) is 0 Å². The molecule has 0 fully saturated rings. The van der Waals surface area contributed by atoms with Crippen molar-refractivity contribution in [2.75, 3.05) is 25.0 Å². The molecular weight excluding hydrogens is 241 g/mol. The first-order valence-electron chi connectivity index (χ1n) is 5.57. The summed E-state index contributed by atoms with van der Waals surface area (Å²) in [6, 6.07) is 3.38. The van der Waals surface area contributed by atoms with Crippen molar-refractivity contribution in [3.8, 4) is 0 Å². The van der Waals surface area contributed by atoms with Crippen LogP contribution in [0.5, 0.6) is 0 Å². The number of nitro benzene ring substituents is 1. The van der Waals surface area contributed by atoms with Crippen LogP contribution >= 0.6 is 0 Å². The van der Waals surface area contributed by atoms with E-state index >= 15 is 0 Å². The van der Waals surface area contributed by atoms with Crippen LogP contribution in [0.25, 0.3) is 0 Å². The van der Waals surface area contributed by atoms with Gasteiger partial charge in [-0.25, -0.2) is 4.39 Å². The first-order valence-corrected chi connectivity index (χ1v) is 5.57. The van der Waals surface area contributed by atoms with E-state index in [4.69, 9.17) is 5.11 Å². The number of nitrogens with one attached hydrogen (secondary N) is 2. The molecule has 0 radical (unpaired) electrons. The lowest BCUT2D eigenvalue weighted by Crippen LogP contribution is -2.29. The van der Waals surface area contributed by atoms with E-state index in [2.05, 4.69) is 10.6 Å². The number of nitrogens with zero attached hydrogens (tertiary/aromatic N) is 1. The number of benzene rings is 1. The van der Waals surface area contributed by atoms with Crippen LogP contribution in [0.3, 0.4) is 0 Å². The molecule has 1 aromatic carbocycles. The fourth-order valence-electron chi connectivity index (χ4n) is 1.40. The summed E-state index contributed by atoms with van der Waals surface area (Å²) in [5, 5.41) is 25.5. The third kappa shape index (κ3) is 4.64. The molecule has 7 heteroatoms. The molecule has 0 aliphatic rings. The van der Waals surface area contributed by atoms with Gasteiger partial charge in [0.05, 0.1) is 17.1 Å². The lowest BCUT2D eigenvalue weighted by Gasteiger charge is -2.09. The molecule has 1 aromatic rings. The zero-order chi connectivity index (χ0) is 13.5. The molecule has 0 aromatic heterocycles. The minimum atomic E-state index is -0.639. The number of nitro groups is 1. The fraction of sp³-hybridized carbons (Fsp3) is 0.455. The topological polar surface area (TPSA) is 87.4 Å². The van der Waals surface area contributed by atoms with Crippen LogP contribution in [-0.4, -0.2) is 35.8 Å². The maximum absolute atomic E-state index is 12.9. The largest absolute Gasteiger partial charge is 0.392 e. The molecule has 100 valence electrons. The van der Waals surface area contributed by atoms with Gasteiger partial charge in [-0.15, -0.1) is 0 Å². The molecule has 0 heterocycles. The van der Waals surface area contributed by atoms with E-state index in [0.29, 0.717) is 19.6 Å². The van der Waals surface area contributed by atoms with Gasteiger partial charge in [0.2, 0.25) is 0 Å². The number of rotatable bonds is 7. The smallest absolute Gasteiger partial charge is 0.295 e. The molecule has 1 rings (SSSR count). The Bertz CT molecular complexity index is 413. The average molecular weight is 257 g/mol. The highest BCUT2D eigenvalue weighted by atomic mass is 19.1. The maximum atomic E-state index is 12.9. The van der Waals surface area contributed by atoms with Crippen molar-refractivity contribution in [2.24, 2.45) is 0 Å². The predicted octanol–water partition coefficient (Wildman–Crippen LogP) is 1.12. The lowest BCUT2D eigenvalue weighted by molar-refractivity contribution is -0.384. The molecule has 18 heavy (non-hydrogen) atoms. The number of aliphatic hydroxyl groups is 1. The van der Waals surface area contributed by atoms with Crippen LogP contribution in [0.4, 0.5) is 15.8 Å². The molecule has 6 nitrogen and oxygen atoms in total. The summed E-state index contributed by atoms with van der Waals surface area (Å²) in [4.78, 5) is 10.1. The summed E-state index contributed by atoms with van der Waals surface area (Å²) in [5.74, 6) is -0.639. The van der Waals surface area contributed by atoms with Crippen LogP contribution in [0.15, 0.2) is 18.2 Å². The van der Waals surface area contributed by atoms with Gasteiger partial charge >= 0.3 is 0 Å². The third-order valence-electron chi connectivity index (χ3n) is 2.21. The summed E-state index contributed by atoms with van der Waals surface area (Å²) in [7, 11) is 0. The molecule has 0 aliphatic carbocycles. The number of hydrogen-bond donors (Lipinski definition) is 3. The van der Waals surface area contributed by atoms with Crippen LogP contribution < -0.4 is 10.6 Å². The molecule has 1 unspecified atom stereocenters. The zero-order valence-electron chi connectivity index (χ0n) is 10.0. The molecule has 0 spiro atoms. The van der Waals surface area contributed by atoms with Gasteiger partial charge in [0.15, 0.2) is 0 Å². The second kappa shape index (κ2) is 6.87. The Morgan fingerprint density at radius 3 is 2.83 bits per heavy atom. The van der Waals surface area contributed by atoms with E-state index in [1.165, 1.54) is 12.1 Å². The maximum Gasteiger partial charge on any atom is 0.295 e. The van der Waals surface area contributed by atoms with E-state index in [1.54, 1.807) is 6.92 Å². The standard InChI is InChI=1S/C11H16FN3O3/c1-8(16)7-13-4-5-14-10-3-2-9(12)6-11(10)15(17)18/h2-3,6,8,13-14,16H,4-5,7H2,1H3. The minimum absolute atomic E-state index is 0.278. The summed E-state index contributed by atoms with van der Waals surface area (Å²) >= 11 is 0. The van der Waals surface area contributed by atoms with Crippen LogP contribution in [0.1, 0.15) is 6.92 Å². The molecule has 0 saturated heterocycles. The van der Waals surface area contributed by atoms with Gasteiger partial charge in [-0.2, -0.15) is 0 Å². The van der Waals surface area contributed by atoms with E-state index in [0.717, 1.165) is 6.07 Å². The normalized spacial score (nSPS) is 12.2. The summed E-state index contributed by atoms with van der Waals surface area (Å²) in [6.07, 6.45) is -0.440. The third-order valence-corrected chi connectivity index (χ3v) is 2.21. The van der Waals surface area contributed by atoms with Gasteiger partial charge in [0.1, 0.15) is 11.5 Å². The van der Waals surface area contributed by atoms with E-state index in [1.807, 2.05) is 0 Å². The van der Waals surface area contributed by atoms with Crippen LogP contribution in [0, 0.1) is 15.9 Å². The molecule has 1 atom stereocenters. The van der Waals surface area contributed by atoms with Crippen molar-refractivity contribution in [1.29, 1.82) is 0 Å². The van der Waals surface area contributed by atoms with Gasteiger partial charge in [0, 0.05) is 19.6 Å². The van der Waals surface area contributed by atoms with Crippen LogP contribution in [0.2, 0.25) is 0 Å². The Balaban J connectivity index is 2.49. The second-order valence-electron chi connectivity index (χ2n) is 3.90. The van der Waals surface area contributed by atoms with Gasteiger partial charge in [-0.3, -0.25) is 10.1 Å². The van der Waals surface area contributed by atoms with Crippen molar-refractivity contribution < 1.29 is 14.4 Å². The number of anilines is 1. The van der Waals surface area contributed by atoms with Gasteiger partial charge < -0.3 is 15.7 Å². The molecule has 0 bridgehead atoms. The van der Waals surface area contributed by atoms with Crippen molar-refractivity contribution in [3.05, 3.63) is 34.1 Å². The fourth-order valence-corrected chi connectivity index (χ4v) is 1.40. The van der Waals surface area contributed by atoms with Crippen LogP contribution in [-0.2, 0) is 0 Å². The van der Waals surface area contributed by atoms with Crippen molar-refractivity contribution >= 4 is 11.4 Å². The summed E-state index contributed by atoms with van der Waals surface area (Å²) in [5.41, 5.74) is -0.00854. The average Bonchev–Trinajstić information content (AvgIpc) is 2.29. The minimum Gasteiger partial charge on any atom is -0.392 e. The monoisotopic (exact) mass is 257 g/mol. The highest BCUT2D eigenvalue weighted by Crippen LogP contribution is 2.24. The van der Waals surface area contributed by atoms with Crippen molar-refractivity contribution in [2.45, 2.75) is 13.0 Å². The molecule has 0 amide bonds. The number of halogens is 1. The number of hydrogen-bond acceptors (Lipinski definition) is 5. The predicted molar refractivity (Wildman–Crippen MR) is 66.1 cm³/mol. The molecular formula is C11H16FN3O3. The second-order valence-corrected chi connectivity index (χ2v) is 3.90. The molecule has 0 aliphatic heterocycles. The van der Waals surface area contributed by atoms with E-state index in [9.17, 15) is 14.5 Å². The Labute approximate surface area is 104 Å². The van der Waals surface area contributed by atoms with Crippen molar-refractivity contribution in [1.82, 2.24) is 5.32 Å². The highest BCUT2D eigenvalue weighted by Gasteiger charge is 2.14. The SMILES string of the molecule is CC(O)CNCCNc1ccc(F)cc1[N+](=O)[O-]. The van der Waals surface area contributed by atoms with E-state index in [-0.39, 0.29) is 11.4 Å². The summed E-state index contributed by atoms with van der Waals surface area (Å²) < 4.78 is 12.9. The van der Waals surface area contributed by atoms with Gasteiger partial charge in [0.25, 0.3) is 5.69 Å². The zero-order valence-corrected chi connectivity index (χ0v) is 10.0. The first-order chi connectivity index (χ1) is 8.50. The Hall–Kier alpha value is -1.73. The van der Waals surface area contributed by atoms with Gasteiger partial charge in [-0.1, -0.05) is 0 Å². The Kier molecular flexibility index (Phi) is 5.47. The molecule has 0 saturated carbocycles. The number of aliphatic hydroxyl groups excluding tert-OH is 1. The highest BCUT2D eigenvalue weighted by molar-refractivity contribution is 5.61. The summed E-state index contributed by atoms with van der Waals surface area (Å²) in [6.45, 7) is 3.09. The molecule has 3 N–H and O–H groups in total. The Morgan fingerprint density at radius 1 is 1.50 bits per heavy atom. The van der Waals surface area contributed by atoms with Gasteiger partial charge in [-0.05, 0) is 19.1 Å². The first kappa shape index (κ1) is 14.3. The quantitative estimate of drug-likeness (QED) is 0.387. The lowest BCUT2D eigenvalue weighted by atomic mass is 10.2. The Morgan fingerprint density at radius 2 is 2.22 bits per heavy atom.